The average molecular weight is 368 g/mol. The van der Waals surface area contributed by atoms with Gasteiger partial charge in [0.15, 0.2) is 15.4 Å². The van der Waals surface area contributed by atoms with Gasteiger partial charge in [-0.3, -0.25) is 0 Å². The van der Waals surface area contributed by atoms with E-state index in [1.807, 2.05) is 0 Å². The number of benzene rings is 2. The molecule has 0 aliphatic carbocycles. The van der Waals surface area contributed by atoms with E-state index in [-0.39, 0.29) is 10.6 Å². The van der Waals surface area contributed by atoms with E-state index >= 15 is 0 Å². The molecule has 0 amide bonds. The fourth-order valence-electron chi connectivity index (χ4n) is 1.90. The van der Waals surface area contributed by atoms with Crippen molar-refractivity contribution < 1.29 is 17.9 Å². The number of hydrogen-bond donors (Lipinski definition) is 1. The van der Waals surface area contributed by atoms with Crippen LogP contribution in [0.3, 0.4) is 0 Å². The maximum absolute atomic E-state index is 11.5. The summed E-state index contributed by atoms with van der Waals surface area (Å²) in [6.07, 6.45) is 1.15. The molecule has 0 atom stereocenters. The van der Waals surface area contributed by atoms with Crippen LogP contribution in [-0.4, -0.2) is 24.8 Å². The van der Waals surface area contributed by atoms with Gasteiger partial charge in [-0.05, 0) is 52.3 Å². The molecule has 0 unspecified atom stereocenters. The molecule has 0 saturated heterocycles. The maximum atomic E-state index is 11.5. The summed E-state index contributed by atoms with van der Waals surface area (Å²) in [5.74, 6) is 0.477. The van der Waals surface area contributed by atoms with Crippen molar-refractivity contribution in [2.45, 2.75) is 4.90 Å². The Morgan fingerprint density at radius 3 is 2.62 bits per heavy atom. The van der Waals surface area contributed by atoms with E-state index < -0.39 is 9.84 Å². The standard InChI is InChI=1S/C14H10BrNO4S/c1-21(18,19)9-3-5-13-11(7-9)16-14(20-13)8-2-4-12(17)10(15)6-8/h2-7,17H,1H3. The number of hydrogen-bond acceptors (Lipinski definition) is 5. The van der Waals surface area contributed by atoms with Gasteiger partial charge in [-0.1, -0.05) is 0 Å². The Morgan fingerprint density at radius 2 is 1.95 bits per heavy atom. The Bertz CT molecular complexity index is 947. The van der Waals surface area contributed by atoms with Crippen LogP contribution in [0.5, 0.6) is 5.75 Å². The van der Waals surface area contributed by atoms with Crippen LogP contribution in [0.2, 0.25) is 0 Å². The molecule has 0 saturated carbocycles. The summed E-state index contributed by atoms with van der Waals surface area (Å²) in [6, 6.07) is 9.42. The summed E-state index contributed by atoms with van der Waals surface area (Å²) in [4.78, 5) is 4.49. The van der Waals surface area contributed by atoms with Gasteiger partial charge in [-0.25, -0.2) is 13.4 Å². The highest BCUT2D eigenvalue weighted by atomic mass is 79.9. The molecule has 0 fully saturated rings. The van der Waals surface area contributed by atoms with E-state index in [2.05, 4.69) is 20.9 Å². The number of halogens is 1. The van der Waals surface area contributed by atoms with Gasteiger partial charge in [0.1, 0.15) is 11.3 Å². The van der Waals surface area contributed by atoms with Gasteiger partial charge in [0.25, 0.3) is 0 Å². The third-order valence-corrected chi connectivity index (χ3v) is 4.73. The molecule has 0 aliphatic rings. The van der Waals surface area contributed by atoms with Crippen LogP contribution in [0.1, 0.15) is 0 Å². The number of phenols is 1. The smallest absolute Gasteiger partial charge is 0.227 e. The topological polar surface area (TPSA) is 80.4 Å². The van der Waals surface area contributed by atoms with Crippen molar-refractivity contribution in [3.63, 3.8) is 0 Å². The molecule has 0 radical (unpaired) electrons. The van der Waals surface area contributed by atoms with E-state index in [0.717, 1.165) is 6.26 Å². The highest BCUT2D eigenvalue weighted by molar-refractivity contribution is 9.10. The molecule has 1 aromatic heterocycles. The lowest BCUT2D eigenvalue weighted by Crippen LogP contribution is -1.95. The van der Waals surface area contributed by atoms with Crippen molar-refractivity contribution >= 4 is 36.9 Å². The first-order chi connectivity index (χ1) is 9.84. The van der Waals surface area contributed by atoms with Crippen molar-refractivity contribution in [2.75, 3.05) is 6.26 Å². The second kappa shape index (κ2) is 4.85. The van der Waals surface area contributed by atoms with Crippen molar-refractivity contribution in [1.29, 1.82) is 0 Å². The SMILES string of the molecule is CS(=O)(=O)c1ccc2oc(-c3ccc(O)c(Br)c3)nc2c1. The summed E-state index contributed by atoms with van der Waals surface area (Å²) in [7, 11) is -3.28. The molecule has 7 heteroatoms. The normalized spacial score (nSPS) is 11.9. The number of phenolic OH excluding ortho intramolecular Hbond substituents is 1. The number of sulfone groups is 1. The largest absolute Gasteiger partial charge is 0.507 e. The van der Waals surface area contributed by atoms with Gasteiger partial charge in [-0.15, -0.1) is 0 Å². The molecule has 3 rings (SSSR count). The Morgan fingerprint density at radius 1 is 1.19 bits per heavy atom. The molecule has 0 aliphatic heterocycles. The highest BCUT2D eigenvalue weighted by Crippen LogP contribution is 2.31. The first-order valence-electron chi connectivity index (χ1n) is 5.94. The quantitative estimate of drug-likeness (QED) is 0.750. The van der Waals surface area contributed by atoms with Crippen molar-refractivity contribution in [1.82, 2.24) is 4.98 Å². The lowest BCUT2D eigenvalue weighted by Gasteiger charge is -1.98. The third-order valence-electron chi connectivity index (χ3n) is 2.98. The molecular weight excluding hydrogens is 358 g/mol. The summed E-state index contributed by atoms with van der Waals surface area (Å²) < 4.78 is 29.2. The fraction of sp³-hybridized carbons (Fsp3) is 0.0714. The molecule has 5 nitrogen and oxygen atoms in total. The molecule has 1 N–H and O–H groups in total. The molecule has 21 heavy (non-hydrogen) atoms. The van der Waals surface area contributed by atoms with E-state index in [4.69, 9.17) is 4.42 Å². The Kier molecular flexibility index (Phi) is 3.26. The zero-order valence-corrected chi connectivity index (χ0v) is 13.3. The molecule has 0 spiro atoms. The van der Waals surface area contributed by atoms with Crippen LogP contribution >= 0.6 is 15.9 Å². The minimum atomic E-state index is -3.28. The van der Waals surface area contributed by atoms with Crippen LogP contribution in [-0.2, 0) is 9.84 Å². The van der Waals surface area contributed by atoms with Gasteiger partial charge in [0, 0.05) is 11.8 Å². The molecular formula is C14H10BrNO4S. The number of aromatic hydroxyl groups is 1. The monoisotopic (exact) mass is 367 g/mol. The number of aromatic nitrogens is 1. The Hall–Kier alpha value is -1.86. The first kappa shape index (κ1) is 14.1. The zero-order chi connectivity index (χ0) is 15.2. The van der Waals surface area contributed by atoms with E-state index in [1.54, 1.807) is 18.2 Å². The molecule has 108 valence electrons. The summed E-state index contributed by atoms with van der Waals surface area (Å²) in [5.41, 5.74) is 1.65. The Balaban J connectivity index is 2.14. The molecule has 2 aromatic carbocycles. The van der Waals surface area contributed by atoms with Crippen molar-refractivity contribution in [3.05, 3.63) is 40.9 Å². The van der Waals surface area contributed by atoms with Crippen LogP contribution in [0.15, 0.2) is 50.2 Å². The van der Waals surface area contributed by atoms with Crippen LogP contribution in [0.4, 0.5) is 0 Å². The zero-order valence-electron chi connectivity index (χ0n) is 10.9. The van der Waals surface area contributed by atoms with Gasteiger partial charge in [0.2, 0.25) is 5.89 Å². The van der Waals surface area contributed by atoms with Crippen LogP contribution in [0, 0.1) is 0 Å². The van der Waals surface area contributed by atoms with Crippen molar-refractivity contribution in [2.24, 2.45) is 0 Å². The molecule has 1 heterocycles. The van der Waals surface area contributed by atoms with Gasteiger partial charge in [-0.2, -0.15) is 0 Å². The van der Waals surface area contributed by atoms with E-state index in [0.29, 0.717) is 27.0 Å². The fourth-order valence-corrected chi connectivity index (χ4v) is 2.92. The van der Waals surface area contributed by atoms with E-state index in [9.17, 15) is 13.5 Å². The van der Waals surface area contributed by atoms with Gasteiger partial charge < -0.3 is 9.52 Å². The number of rotatable bonds is 2. The summed E-state index contributed by atoms with van der Waals surface area (Å²) in [5, 5.41) is 9.49. The van der Waals surface area contributed by atoms with Crippen molar-refractivity contribution in [3.8, 4) is 17.2 Å². The predicted molar refractivity (Wildman–Crippen MR) is 81.9 cm³/mol. The van der Waals surface area contributed by atoms with E-state index in [1.165, 1.54) is 18.2 Å². The summed E-state index contributed by atoms with van der Waals surface area (Å²) >= 11 is 3.23. The number of nitrogens with zero attached hydrogens (tertiary/aromatic N) is 1. The van der Waals surface area contributed by atoms with Gasteiger partial charge in [0.05, 0.1) is 9.37 Å². The Labute approximate surface area is 129 Å². The minimum absolute atomic E-state index is 0.120. The summed E-state index contributed by atoms with van der Waals surface area (Å²) in [6.45, 7) is 0. The van der Waals surface area contributed by atoms with Crippen LogP contribution < -0.4 is 0 Å². The highest BCUT2D eigenvalue weighted by Gasteiger charge is 2.13. The third kappa shape index (κ3) is 2.66. The maximum Gasteiger partial charge on any atom is 0.227 e. The number of oxazole rings is 1. The lowest BCUT2D eigenvalue weighted by molar-refractivity contribution is 0.472. The second-order valence-electron chi connectivity index (χ2n) is 4.59. The molecule has 3 aromatic rings. The molecule has 0 bridgehead atoms. The predicted octanol–water partition coefficient (Wildman–Crippen LogP) is 3.37. The van der Waals surface area contributed by atoms with Crippen LogP contribution in [0.25, 0.3) is 22.6 Å². The first-order valence-corrected chi connectivity index (χ1v) is 8.62. The van der Waals surface area contributed by atoms with Gasteiger partial charge >= 0.3 is 0 Å². The number of fused-ring (bicyclic) bond motifs is 1. The average Bonchev–Trinajstić information content (AvgIpc) is 2.83. The lowest BCUT2D eigenvalue weighted by atomic mass is 10.2. The minimum Gasteiger partial charge on any atom is -0.507 e. The second-order valence-corrected chi connectivity index (χ2v) is 7.46.